The van der Waals surface area contributed by atoms with E-state index in [4.69, 9.17) is 0 Å². The standard InChI is InChI=1S/C71H49N/c1-5-19-50(20-6-1)57-45-58(51-21-7-2-8-22-51)47-59(46-57)53-37-42-63(43-38-53)72(64-30-17-25-56(48-64)66-33-18-24-54-23-13-14-31-65(54)66)62-40-35-52(36-41-62)55-39-44-68-67-32-15-16-34-69(67)71(70(68)49-55,60-26-9-3-10-27-60)61-28-11-4-12-29-61/h1-49H. The molecule has 1 aliphatic carbocycles. The van der Waals surface area contributed by atoms with Crippen molar-refractivity contribution in [2.75, 3.05) is 4.90 Å². The third kappa shape index (κ3) is 7.51. The van der Waals surface area contributed by atoms with Crippen LogP contribution in [0.25, 0.3) is 77.5 Å². The lowest BCUT2D eigenvalue weighted by Crippen LogP contribution is -2.28. The van der Waals surface area contributed by atoms with Crippen molar-refractivity contribution < 1.29 is 0 Å². The summed E-state index contributed by atoms with van der Waals surface area (Å²) in [6, 6.07) is 109. The maximum Gasteiger partial charge on any atom is 0.0713 e. The molecule has 13 rings (SSSR count). The monoisotopic (exact) mass is 915 g/mol. The minimum Gasteiger partial charge on any atom is -0.310 e. The number of rotatable bonds is 10. The van der Waals surface area contributed by atoms with Crippen LogP contribution in [0.1, 0.15) is 22.3 Å². The van der Waals surface area contributed by atoms with Gasteiger partial charge in [0.15, 0.2) is 0 Å². The van der Waals surface area contributed by atoms with Crippen LogP contribution in [-0.2, 0) is 5.41 Å². The van der Waals surface area contributed by atoms with Gasteiger partial charge in [0, 0.05) is 17.1 Å². The molecule has 0 bridgehead atoms. The van der Waals surface area contributed by atoms with Gasteiger partial charge in [-0.05, 0) is 160 Å². The molecule has 0 N–H and O–H groups in total. The van der Waals surface area contributed by atoms with E-state index in [1.165, 1.54) is 94.2 Å². The van der Waals surface area contributed by atoms with Crippen molar-refractivity contribution in [2.24, 2.45) is 0 Å². The molecule has 338 valence electrons. The second-order valence-corrected chi connectivity index (χ2v) is 18.8. The second-order valence-electron chi connectivity index (χ2n) is 18.8. The van der Waals surface area contributed by atoms with Crippen LogP contribution in [0, 0.1) is 0 Å². The summed E-state index contributed by atoms with van der Waals surface area (Å²) in [7, 11) is 0. The van der Waals surface area contributed by atoms with E-state index >= 15 is 0 Å². The molecule has 0 aromatic heterocycles. The van der Waals surface area contributed by atoms with Gasteiger partial charge < -0.3 is 4.90 Å². The molecule has 0 saturated carbocycles. The van der Waals surface area contributed by atoms with Gasteiger partial charge in [0.2, 0.25) is 0 Å². The Labute approximate surface area is 422 Å². The average molecular weight is 916 g/mol. The molecule has 1 nitrogen and oxygen atoms in total. The third-order valence-corrected chi connectivity index (χ3v) is 14.7. The Hall–Kier alpha value is -9.30. The Morgan fingerprint density at radius 3 is 1.26 bits per heavy atom. The van der Waals surface area contributed by atoms with Crippen molar-refractivity contribution in [2.45, 2.75) is 5.41 Å². The maximum absolute atomic E-state index is 2.45. The summed E-state index contributed by atoms with van der Waals surface area (Å²) < 4.78 is 0. The van der Waals surface area contributed by atoms with E-state index in [1.807, 2.05) is 0 Å². The van der Waals surface area contributed by atoms with Crippen LogP contribution < -0.4 is 4.90 Å². The molecule has 12 aromatic carbocycles. The Morgan fingerprint density at radius 2 is 0.653 bits per heavy atom. The zero-order valence-corrected chi connectivity index (χ0v) is 39.7. The summed E-state index contributed by atoms with van der Waals surface area (Å²) in [6.07, 6.45) is 0. The van der Waals surface area contributed by atoms with Gasteiger partial charge in [0.05, 0.1) is 5.41 Å². The minimum atomic E-state index is -0.464. The van der Waals surface area contributed by atoms with Gasteiger partial charge in [0.25, 0.3) is 0 Å². The van der Waals surface area contributed by atoms with Gasteiger partial charge in [-0.15, -0.1) is 0 Å². The SMILES string of the molecule is c1ccc(-c2cc(-c3ccccc3)cc(-c3ccc(N(c4ccc(-c5ccc6c(c5)C(c5ccccc5)(c5ccccc5)c5ccccc5-6)cc4)c4cccc(-c5cccc6ccccc56)c4)cc3)c2)cc1. The molecule has 72 heavy (non-hydrogen) atoms. The fourth-order valence-corrected chi connectivity index (χ4v) is 11.4. The quantitative estimate of drug-likeness (QED) is 0.132. The van der Waals surface area contributed by atoms with E-state index < -0.39 is 5.41 Å². The number of benzene rings is 12. The summed E-state index contributed by atoms with van der Waals surface area (Å²) >= 11 is 0. The van der Waals surface area contributed by atoms with E-state index in [2.05, 4.69) is 302 Å². The summed E-state index contributed by atoms with van der Waals surface area (Å²) in [5.74, 6) is 0. The van der Waals surface area contributed by atoms with Gasteiger partial charge in [-0.2, -0.15) is 0 Å². The highest BCUT2D eigenvalue weighted by Gasteiger charge is 2.46. The van der Waals surface area contributed by atoms with Crippen LogP contribution in [-0.4, -0.2) is 0 Å². The normalized spacial score (nSPS) is 12.3. The van der Waals surface area contributed by atoms with Crippen molar-refractivity contribution >= 4 is 27.8 Å². The largest absolute Gasteiger partial charge is 0.310 e. The molecule has 0 fully saturated rings. The lowest BCUT2D eigenvalue weighted by atomic mass is 9.67. The van der Waals surface area contributed by atoms with Gasteiger partial charge in [-0.1, -0.05) is 237 Å². The summed E-state index contributed by atoms with van der Waals surface area (Å²) in [4.78, 5) is 2.40. The van der Waals surface area contributed by atoms with E-state index in [-0.39, 0.29) is 0 Å². The van der Waals surface area contributed by atoms with Gasteiger partial charge in [-0.25, -0.2) is 0 Å². The number of fused-ring (bicyclic) bond motifs is 4. The van der Waals surface area contributed by atoms with Crippen LogP contribution in [0.3, 0.4) is 0 Å². The molecule has 12 aromatic rings. The van der Waals surface area contributed by atoms with E-state index in [1.54, 1.807) is 0 Å². The van der Waals surface area contributed by atoms with Crippen molar-refractivity contribution in [1.29, 1.82) is 0 Å². The van der Waals surface area contributed by atoms with Crippen molar-refractivity contribution in [1.82, 2.24) is 0 Å². The Kier molecular flexibility index (Phi) is 10.8. The maximum atomic E-state index is 2.45. The molecular weight excluding hydrogens is 867 g/mol. The first-order chi connectivity index (χ1) is 35.7. The highest BCUT2D eigenvalue weighted by Crippen LogP contribution is 2.57. The summed E-state index contributed by atoms with van der Waals surface area (Å²) in [6.45, 7) is 0. The lowest BCUT2D eigenvalue weighted by Gasteiger charge is -2.34. The topological polar surface area (TPSA) is 3.24 Å². The van der Waals surface area contributed by atoms with Crippen molar-refractivity contribution in [3.05, 3.63) is 320 Å². The molecule has 1 aliphatic rings. The average Bonchev–Trinajstić information content (AvgIpc) is 3.76. The molecule has 0 radical (unpaired) electrons. The second kappa shape index (κ2) is 18.2. The smallest absolute Gasteiger partial charge is 0.0713 e. The highest BCUT2D eigenvalue weighted by molar-refractivity contribution is 5.98. The van der Waals surface area contributed by atoms with Crippen LogP contribution in [0.2, 0.25) is 0 Å². The Morgan fingerprint density at radius 1 is 0.222 bits per heavy atom. The number of anilines is 3. The van der Waals surface area contributed by atoms with Crippen molar-refractivity contribution in [3.63, 3.8) is 0 Å². The zero-order chi connectivity index (χ0) is 47.8. The van der Waals surface area contributed by atoms with Crippen LogP contribution >= 0.6 is 0 Å². The van der Waals surface area contributed by atoms with Crippen molar-refractivity contribution in [3.8, 4) is 66.8 Å². The summed E-state index contributed by atoms with van der Waals surface area (Å²) in [5, 5.41) is 2.47. The third-order valence-electron chi connectivity index (χ3n) is 14.7. The van der Waals surface area contributed by atoms with Crippen LogP contribution in [0.5, 0.6) is 0 Å². The fraction of sp³-hybridized carbons (Fsp3) is 0.0141. The predicted molar refractivity (Wildman–Crippen MR) is 303 cm³/mol. The van der Waals surface area contributed by atoms with E-state index in [9.17, 15) is 0 Å². The Balaban J connectivity index is 0.924. The van der Waals surface area contributed by atoms with E-state index in [0.29, 0.717) is 0 Å². The fourth-order valence-electron chi connectivity index (χ4n) is 11.4. The molecule has 0 amide bonds. The molecule has 1 heteroatoms. The number of nitrogens with zero attached hydrogens (tertiary/aromatic N) is 1. The first-order valence-electron chi connectivity index (χ1n) is 24.9. The Bertz CT molecular complexity index is 3780. The highest BCUT2D eigenvalue weighted by atomic mass is 15.1. The molecule has 0 atom stereocenters. The predicted octanol–water partition coefficient (Wildman–Crippen LogP) is 19.0. The lowest BCUT2D eigenvalue weighted by molar-refractivity contribution is 0.769. The minimum absolute atomic E-state index is 0.464. The first-order valence-corrected chi connectivity index (χ1v) is 24.9. The summed E-state index contributed by atoms with van der Waals surface area (Å²) in [5.41, 5.74) is 22.4. The van der Waals surface area contributed by atoms with Gasteiger partial charge >= 0.3 is 0 Å². The molecule has 0 aliphatic heterocycles. The molecule has 0 unspecified atom stereocenters. The van der Waals surface area contributed by atoms with Crippen LogP contribution in [0.4, 0.5) is 17.1 Å². The first kappa shape index (κ1) is 42.8. The molecule has 0 heterocycles. The van der Waals surface area contributed by atoms with Crippen LogP contribution in [0.15, 0.2) is 297 Å². The van der Waals surface area contributed by atoms with Gasteiger partial charge in [-0.3, -0.25) is 0 Å². The number of hydrogen-bond donors (Lipinski definition) is 0. The zero-order valence-electron chi connectivity index (χ0n) is 39.7. The molecule has 0 saturated heterocycles. The van der Waals surface area contributed by atoms with E-state index in [0.717, 1.165) is 22.6 Å². The molecule has 0 spiro atoms. The van der Waals surface area contributed by atoms with Gasteiger partial charge in [0.1, 0.15) is 0 Å². The molecular formula is C71H49N. The number of hydrogen-bond acceptors (Lipinski definition) is 1.